The van der Waals surface area contributed by atoms with E-state index in [-0.39, 0.29) is 0 Å². The summed E-state index contributed by atoms with van der Waals surface area (Å²) in [6.07, 6.45) is 0.972. The van der Waals surface area contributed by atoms with Gasteiger partial charge in [-0.1, -0.05) is 97.1 Å². The summed E-state index contributed by atoms with van der Waals surface area (Å²) in [5.41, 5.74) is 12.0. The Morgan fingerprint density at radius 2 is 1.11 bits per heavy atom. The van der Waals surface area contributed by atoms with Gasteiger partial charge in [-0.15, -0.1) is 0 Å². The molecule has 184 valence electrons. The molecule has 1 aliphatic carbocycles. The van der Waals surface area contributed by atoms with E-state index in [1.165, 1.54) is 50.3 Å². The zero-order valence-electron chi connectivity index (χ0n) is 20.0. The maximum absolute atomic E-state index is 9.75. The zero-order chi connectivity index (χ0) is 25.8. The van der Waals surface area contributed by atoms with E-state index in [4.69, 9.17) is 0 Å². The highest BCUT2D eigenvalue weighted by Gasteiger charge is 2.33. The fourth-order valence-corrected chi connectivity index (χ4v) is 4.95. The number of benzene rings is 4. The summed E-state index contributed by atoms with van der Waals surface area (Å²) in [4.78, 5) is 0. The van der Waals surface area contributed by atoms with Crippen LogP contribution in [0.2, 0.25) is 0 Å². The van der Waals surface area contributed by atoms with Crippen molar-refractivity contribution < 1.29 is 21.8 Å². The van der Waals surface area contributed by atoms with E-state index in [1.807, 2.05) is 0 Å². The summed E-state index contributed by atoms with van der Waals surface area (Å²) in [5.74, 6) is 0. The first kappa shape index (κ1) is 24.5. The zero-order valence-corrected chi connectivity index (χ0v) is 20.0. The molecule has 0 N–H and O–H groups in total. The summed E-state index contributed by atoms with van der Waals surface area (Å²) >= 11 is 0. The minimum Gasteiger partial charge on any atom is -0.418 e. The largest absolute Gasteiger partial charge is 0.673 e. The van der Waals surface area contributed by atoms with E-state index in [0.717, 1.165) is 13.0 Å². The fourth-order valence-electron chi connectivity index (χ4n) is 4.95. The van der Waals surface area contributed by atoms with Crippen LogP contribution in [0.1, 0.15) is 16.7 Å². The lowest BCUT2D eigenvalue weighted by Gasteiger charge is -2.14. The van der Waals surface area contributed by atoms with Gasteiger partial charge >= 0.3 is 7.25 Å². The Hall–Kier alpha value is -4.19. The Morgan fingerprint density at radius 1 is 0.595 bits per heavy atom. The molecule has 0 spiro atoms. The Balaban J connectivity index is 0.000000514. The summed E-state index contributed by atoms with van der Waals surface area (Å²) in [5, 5.41) is 0. The summed E-state index contributed by atoms with van der Waals surface area (Å²) in [7, 11) is -6.00. The highest BCUT2D eigenvalue weighted by molar-refractivity contribution is 6.50. The second-order valence-electron chi connectivity index (χ2n) is 8.90. The molecule has 1 aliphatic rings. The standard InChI is InChI=1S/C31H24N.BF4/c1-4-12-23(13-5-1)22-32-30(25-16-8-3-9-17-25)21-28(24-14-6-2-7-15-24)29-20-26-18-10-11-19-27(26)31(29)32;2-1(3,4)5/h1-19,21H,20,22H2;/q+1;-1. The van der Waals surface area contributed by atoms with Gasteiger partial charge in [-0.25, -0.2) is 0 Å². The Bertz CT molecular complexity index is 1500. The molecule has 0 radical (unpaired) electrons. The van der Waals surface area contributed by atoms with Crippen molar-refractivity contribution >= 4 is 7.25 Å². The lowest BCUT2D eigenvalue weighted by atomic mass is 9.95. The number of aromatic nitrogens is 1. The number of fused-ring (bicyclic) bond motifs is 3. The van der Waals surface area contributed by atoms with Gasteiger partial charge in [0.05, 0.1) is 5.56 Å². The van der Waals surface area contributed by atoms with Crippen molar-refractivity contribution in [1.29, 1.82) is 0 Å². The highest BCUT2D eigenvalue weighted by atomic mass is 19.5. The minimum atomic E-state index is -6.00. The van der Waals surface area contributed by atoms with Crippen LogP contribution in [0.15, 0.2) is 121 Å². The van der Waals surface area contributed by atoms with E-state index in [9.17, 15) is 17.3 Å². The molecule has 4 aromatic carbocycles. The molecule has 0 unspecified atom stereocenters. The number of pyridine rings is 1. The maximum atomic E-state index is 9.75. The topological polar surface area (TPSA) is 3.88 Å². The van der Waals surface area contributed by atoms with Crippen LogP contribution in [-0.4, -0.2) is 7.25 Å². The second-order valence-corrected chi connectivity index (χ2v) is 8.90. The predicted molar refractivity (Wildman–Crippen MR) is 141 cm³/mol. The van der Waals surface area contributed by atoms with E-state index >= 15 is 0 Å². The first-order valence-electron chi connectivity index (χ1n) is 12.1. The number of nitrogens with zero attached hydrogens (tertiary/aromatic N) is 1. The van der Waals surface area contributed by atoms with Crippen LogP contribution in [0.25, 0.3) is 33.6 Å². The molecule has 0 saturated carbocycles. The van der Waals surface area contributed by atoms with Crippen LogP contribution in [-0.2, 0) is 13.0 Å². The highest BCUT2D eigenvalue weighted by Crippen LogP contribution is 2.41. The van der Waals surface area contributed by atoms with E-state index in [2.05, 4.69) is 126 Å². The van der Waals surface area contributed by atoms with Crippen molar-refractivity contribution in [1.82, 2.24) is 0 Å². The van der Waals surface area contributed by atoms with Gasteiger partial charge < -0.3 is 17.3 Å². The summed E-state index contributed by atoms with van der Waals surface area (Å²) in [6, 6.07) is 43.7. The van der Waals surface area contributed by atoms with E-state index in [1.54, 1.807) is 0 Å². The van der Waals surface area contributed by atoms with Gasteiger partial charge in [-0.3, -0.25) is 0 Å². The first-order chi connectivity index (χ1) is 17.9. The Labute approximate surface area is 213 Å². The molecule has 0 atom stereocenters. The van der Waals surface area contributed by atoms with Crippen molar-refractivity contribution in [2.24, 2.45) is 0 Å². The van der Waals surface area contributed by atoms with Gasteiger partial charge in [0.15, 0.2) is 6.54 Å². The normalized spacial score (nSPS) is 11.8. The van der Waals surface area contributed by atoms with Crippen LogP contribution in [0.4, 0.5) is 17.3 Å². The number of rotatable bonds is 4. The molecule has 0 bridgehead atoms. The molecule has 1 heterocycles. The molecule has 0 saturated heterocycles. The molecule has 6 rings (SSSR count). The van der Waals surface area contributed by atoms with Gasteiger partial charge in [0.25, 0.3) is 0 Å². The molecule has 5 aromatic rings. The van der Waals surface area contributed by atoms with Crippen LogP contribution in [0.3, 0.4) is 0 Å². The molecule has 1 aromatic heterocycles. The summed E-state index contributed by atoms with van der Waals surface area (Å²) < 4.78 is 41.5. The van der Waals surface area contributed by atoms with E-state index in [0.29, 0.717) is 0 Å². The lowest BCUT2D eigenvalue weighted by molar-refractivity contribution is -0.666. The molecular formula is C31H24BF4N. The predicted octanol–water partition coefficient (Wildman–Crippen LogP) is 8.23. The third kappa shape index (κ3) is 5.64. The van der Waals surface area contributed by atoms with Crippen LogP contribution >= 0.6 is 0 Å². The second kappa shape index (κ2) is 10.4. The van der Waals surface area contributed by atoms with Crippen molar-refractivity contribution in [2.75, 3.05) is 0 Å². The molecule has 37 heavy (non-hydrogen) atoms. The Kier molecular flexibility index (Phi) is 6.91. The lowest BCUT2D eigenvalue weighted by Crippen LogP contribution is -2.40. The monoisotopic (exact) mass is 497 g/mol. The van der Waals surface area contributed by atoms with Gasteiger partial charge in [0.1, 0.15) is 0 Å². The molecular weight excluding hydrogens is 473 g/mol. The molecule has 0 aliphatic heterocycles. The van der Waals surface area contributed by atoms with Crippen molar-refractivity contribution in [2.45, 2.75) is 13.0 Å². The van der Waals surface area contributed by atoms with Gasteiger partial charge in [-0.05, 0) is 34.9 Å². The number of hydrogen-bond donors (Lipinski definition) is 0. The van der Waals surface area contributed by atoms with Crippen LogP contribution in [0, 0.1) is 0 Å². The van der Waals surface area contributed by atoms with Gasteiger partial charge in [0, 0.05) is 29.2 Å². The van der Waals surface area contributed by atoms with Gasteiger partial charge in [-0.2, -0.15) is 4.57 Å². The smallest absolute Gasteiger partial charge is 0.418 e. The molecule has 0 fully saturated rings. The number of halogens is 4. The quantitative estimate of drug-likeness (QED) is 0.131. The van der Waals surface area contributed by atoms with Crippen LogP contribution < -0.4 is 4.57 Å². The molecule has 1 nitrogen and oxygen atoms in total. The van der Waals surface area contributed by atoms with Crippen molar-refractivity contribution in [3.8, 4) is 33.6 Å². The average molecular weight is 497 g/mol. The SMILES string of the molecule is F[B-](F)(F)F.c1ccc(C[n+]2c(-c3ccccc3)cc(-c3ccccc3)c3c2-c2ccccc2C3)cc1. The fraction of sp³-hybridized carbons (Fsp3) is 0.0645. The van der Waals surface area contributed by atoms with Crippen molar-refractivity contribution in [3.63, 3.8) is 0 Å². The summed E-state index contributed by atoms with van der Waals surface area (Å²) in [6.45, 7) is 0.844. The average Bonchev–Trinajstić information content (AvgIpc) is 3.29. The Morgan fingerprint density at radius 3 is 1.73 bits per heavy atom. The third-order valence-electron chi connectivity index (χ3n) is 6.43. The van der Waals surface area contributed by atoms with Crippen LogP contribution in [0.5, 0.6) is 0 Å². The minimum absolute atomic E-state index is 0.844. The van der Waals surface area contributed by atoms with E-state index < -0.39 is 7.25 Å². The van der Waals surface area contributed by atoms with Crippen molar-refractivity contribution in [3.05, 3.63) is 138 Å². The first-order valence-corrected chi connectivity index (χ1v) is 12.1. The number of hydrogen-bond acceptors (Lipinski definition) is 0. The maximum Gasteiger partial charge on any atom is 0.673 e. The van der Waals surface area contributed by atoms with Gasteiger partial charge in [0.2, 0.25) is 11.4 Å². The molecule has 0 amide bonds. The third-order valence-corrected chi connectivity index (χ3v) is 6.43. The molecule has 6 heteroatoms.